The molecule has 0 N–H and O–H groups in total. The van der Waals surface area contributed by atoms with Gasteiger partial charge in [-0.3, -0.25) is 9.78 Å². The van der Waals surface area contributed by atoms with E-state index < -0.39 is 36.6 Å². The third-order valence-electron chi connectivity index (χ3n) is 2.09. The summed E-state index contributed by atoms with van der Waals surface area (Å²) < 4.78 is 69.6. The number of halogens is 6. The van der Waals surface area contributed by atoms with Crippen molar-refractivity contribution in [3.8, 4) is 5.75 Å². The number of nitrogens with zero attached hydrogens (tertiary/aromatic N) is 1. The summed E-state index contributed by atoms with van der Waals surface area (Å²) >= 11 is 1.38. The molecule has 0 spiro atoms. The Balaban J connectivity index is 3.27. The number of ether oxygens (including phenoxy) is 2. The first-order valence-electron chi connectivity index (χ1n) is 4.93. The van der Waals surface area contributed by atoms with Crippen LogP contribution in [-0.2, 0) is 16.0 Å². The summed E-state index contributed by atoms with van der Waals surface area (Å²) in [6.45, 7) is 0. The molecule has 0 bridgehead atoms. The quantitative estimate of drug-likeness (QED) is 0.434. The summed E-state index contributed by atoms with van der Waals surface area (Å²) in [4.78, 5) is 14.4. The van der Waals surface area contributed by atoms with Crippen LogP contribution in [0.2, 0.25) is 0 Å². The van der Waals surface area contributed by atoms with Crippen LogP contribution in [0.5, 0.6) is 5.75 Å². The smallest absolute Gasteiger partial charge is 0.469 e. The maximum Gasteiger partial charge on any atom is 0.573 e. The maximum atomic E-state index is 12.8. The van der Waals surface area contributed by atoms with Crippen LogP contribution < -0.4 is 4.74 Å². The van der Waals surface area contributed by atoms with Gasteiger partial charge in [-0.1, -0.05) is 0 Å². The van der Waals surface area contributed by atoms with Gasteiger partial charge in [0.15, 0.2) is 5.75 Å². The van der Waals surface area contributed by atoms with Crippen molar-refractivity contribution < 1.29 is 36.2 Å². The molecule has 10 heteroatoms. The number of pyridine rings is 1. The standard InChI is InChI=1S/C10H7F5INO3/c1-19-6(18)2-4-7(16)5(20-10(13,14)15)3-17-8(4)9(11)12/h3,9H,2H2,1H3. The van der Waals surface area contributed by atoms with E-state index in [0.29, 0.717) is 6.20 Å². The first-order chi connectivity index (χ1) is 9.15. The van der Waals surface area contributed by atoms with Crippen LogP contribution in [0.25, 0.3) is 0 Å². The molecule has 1 rings (SSSR count). The average molecular weight is 411 g/mol. The summed E-state index contributed by atoms with van der Waals surface area (Å²) in [5, 5.41) is 0. The Bertz CT molecular complexity index is 506. The molecule has 0 radical (unpaired) electrons. The molecule has 0 saturated heterocycles. The summed E-state index contributed by atoms with van der Waals surface area (Å²) in [7, 11) is 1.03. The lowest BCUT2D eigenvalue weighted by molar-refractivity contribution is -0.275. The monoisotopic (exact) mass is 411 g/mol. The predicted octanol–water partition coefficient (Wildman–Crippen LogP) is 3.24. The minimum absolute atomic E-state index is 0.268. The van der Waals surface area contributed by atoms with Crippen molar-refractivity contribution >= 4 is 28.6 Å². The molecular formula is C10H7F5INO3. The van der Waals surface area contributed by atoms with Gasteiger partial charge in [-0.15, -0.1) is 13.2 Å². The maximum absolute atomic E-state index is 12.8. The summed E-state index contributed by atoms with van der Waals surface area (Å²) in [6, 6.07) is 0. The van der Waals surface area contributed by atoms with Gasteiger partial charge in [0, 0.05) is 5.56 Å². The number of carbonyl (C=O) groups is 1. The third-order valence-corrected chi connectivity index (χ3v) is 3.28. The predicted molar refractivity (Wildman–Crippen MR) is 64.3 cm³/mol. The van der Waals surface area contributed by atoms with Crippen LogP contribution in [0.1, 0.15) is 17.7 Å². The molecule has 0 aliphatic carbocycles. The van der Waals surface area contributed by atoms with Crippen LogP contribution >= 0.6 is 22.6 Å². The van der Waals surface area contributed by atoms with Gasteiger partial charge in [0.1, 0.15) is 5.69 Å². The molecule has 4 nitrogen and oxygen atoms in total. The molecule has 1 aromatic heterocycles. The molecule has 1 aromatic rings. The second kappa shape index (κ2) is 6.50. The molecule has 0 aliphatic rings. The highest BCUT2D eigenvalue weighted by Gasteiger charge is 2.33. The van der Waals surface area contributed by atoms with Gasteiger partial charge in [-0.25, -0.2) is 8.78 Å². The van der Waals surface area contributed by atoms with E-state index in [1.807, 2.05) is 0 Å². The number of rotatable bonds is 4. The largest absolute Gasteiger partial charge is 0.573 e. The molecule has 0 amide bonds. The molecule has 1 heterocycles. The Morgan fingerprint density at radius 1 is 1.45 bits per heavy atom. The SMILES string of the molecule is COC(=O)Cc1c(C(F)F)ncc(OC(F)(F)F)c1I. The van der Waals surface area contributed by atoms with E-state index in [-0.39, 0.29) is 9.13 Å². The van der Waals surface area contributed by atoms with Crippen LogP contribution in [0.4, 0.5) is 22.0 Å². The van der Waals surface area contributed by atoms with E-state index >= 15 is 0 Å². The van der Waals surface area contributed by atoms with Gasteiger partial charge in [0.05, 0.1) is 23.3 Å². The lowest BCUT2D eigenvalue weighted by atomic mass is 10.1. The number of methoxy groups -OCH3 is 1. The van der Waals surface area contributed by atoms with Crippen molar-refractivity contribution in [3.05, 3.63) is 21.0 Å². The number of aromatic nitrogens is 1. The van der Waals surface area contributed by atoms with Crippen LogP contribution in [0, 0.1) is 3.57 Å². The molecule has 0 fully saturated rings. The molecule has 0 aromatic carbocycles. The minimum atomic E-state index is -4.99. The van der Waals surface area contributed by atoms with E-state index in [9.17, 15) is 26.7 Å². The molecule has 0 saturated carbocycles. The second-order valence-electron chi connectivity index (χ2n) is 3.40. The van der Waals surface area contributed by atoms with Crippen molar-refractivity contribution in [1.82, 2.24) is 4.98 Å². The lowest BCUT2D eigenvalue weighted by Crippen LogP contribution is -2.19. The van der Waals surface area contributed by atoms with Gasteiger partial charge in [-0.05, 0) is 22.6 Å². The summed E-state index contributed by atoms with van der Waals surface area (Å²) in [5.41, 5.74) is -1.14. The van der Waals surface area contributed by atoms with Gasteiger partial charge in [0.25, 0.3) is 6.43 Å². The zero-order chi connectivity index (χ0) is 15.5. The third kappa shape index (κ3) is 4.42. The van der Waals surface area contributed by atoms with Crippen LogP contribution in [0.15, 0.2) is 6.20 Å². The van der Waals surface area contributed by atoms with E-state index in [0.717, 1.165) is 7.11 Å². The zero-order valence-electron chi connectivity index (χ0n) is 9.80. The number of carbonyl (C=O) groups excluding carboxylic acids is 1. The van der Waals surface area contributed by atoms with Crippen LogP contribution in [0.3, 0.4) is 0 Å². The van der Waals surface area contributed by atoms with Gasteiger partial charge < -0.3 is 9.47 Å². The van der Waals surface area contributed by atoms with Gasteiger partial charge >= 0.3 is 12.3 Å². The molecule has 0 atom stereocenters. The minimum Gasteiger partial charge on any atom is -0.469 e. The van der Waals surface area contributed by atoms with Gasteiger partial charge in [0.2, 0.25) is 0 Å². The highest BCUT2D eigenvalue weighted by molar-refractivity contribution is 14.1. The number of alkyl halides is 5. The Morgan fingerprint density at radius 2 is 2.05 bits per heavy atom. The van der Waals surface area contributed by atoms with Crippen LogP contribution in [-0.4, -0.2) is 24.4 Å². The fourth-order valence-electron chi connectivity index (χ4n) is 1.29. The van der Waals surface area contributed by atoms with Crippen molar-refractivity contribution in [2.24, 2.45) is 0 Å². The number of esters is 1. The number of hydrogen-bond acceptors (Lipinski definition) is 4. The van der Waals surface area contributed by atoms with Crippen molar-refractivity contribution in [1.29, 1.82) is 0 Å². The highest BCUT2D eigenvalue weighted by Crippen LogP contribution is 2.33. The highest BCUT2D eigenvalue weighted by atomic mass is 127. The fraction of sp³-hybridized carbons (Fsp3) is 0.400. The molecule has 0 aliphatic heterocycles. The molecular weight excluding hydrogens is 404 g/mol. The Labute approximate surface area is 123 Å². The summed E-state index contributed by atoms with van der Waals surface area (Å²) in [5.74, 6) is -1.63. The van der Waals surface area contributed by atoms with Crippen molar-refractivity contribution in [3.63, 3.8) is 0 Å². The van der Waals surface area contributed by atoms with Crippen molar-refractivity contribution in [2.45, 2.75) is 19.2 Å². The fourth-order valence-corrected chi connectivity index (χ4v) is 2.01. The van der Waals surface area contributed by atoms with E-state index in [4.69, 9.17) is 0 Å². The molecule has 0 unspecified atom stereocenters. The second-order valence-corrected chi connectivity index (χ2v) is 4.48. The van der Waals surface area contributed by atoms with E-state index in [1.165, 1.54) is 22.6 Å². The Morgan fingerprint density at radius 3 is 2.50 bits per heavy atom. The van der Waals surface area contributed by atoms with Crippen molar-refractivity contribution in [2.75, 3.05) is 7.11 Å². The normalized spacial score (nSPS) is 11.6. The van der Waals surface area contributed by atoms with E-state index in [1.54, 1.807) is 0 Å². The topological polar surface area (TPSA) is 48.4 Å². The average Bonchev–Trinajstić information content (AvgIpc) is 2.32. The zero-order valence-corrected chi connectivity index (χ0v) is 12.0. The lowest BCUT2D eigenvalue weighted by Gasteiger charge is -2.15. The first-order valence-corrected chi connectivity index (χ1v) is 6.01. The van der Waals surface area contributed by atoms with E-state index in [2.05, 4.69) is 14.5 Å². The Kier molecular flexibility index (Phi) is 5.48. The Hall–Kier alpha value is -1.20. The number of hydrogen-bond donors (Lipinski definition) is 0. The first kappa shape index (κ1) is 16.9. The summed E-state index contributed by atoms with van der Waals surface area (Å²) in [6.07, 6.45) is -8.12. The van der Waals surface area contributed by atoms with Gasteiger partial charge in [-0.2, -0.15) is 0 Å². The molecule has 112 valence electrons. The molecule has 20 heavy (non-hydrogen) atoms.